The Hall–Kier alpha value is -0.880. The SMILES string of the molecule is C[N+]1(CC#N)CCC(=O)CC1. The molecule has 1 saturated heterocycles. The minimum absolute atomic E-state index is 0.346. The number of carbonyl (C=O) groups is 1. The van der Waals surface area contributed by atoms with Gasteiger partial charge < -0.3 is 4.48 Å². The van der Waals surface area contributed by atoms with E-state index >= 15 is 0 Å². The molecule has 0 aliphatic carbocycles. The number of nitrogens with zero attached hydrogens (tertiary/aromatic N) is 2. The molecule has 0 radical (unpaired) electrons. The number of nitriles is 1. The molecule has 0 bridgehead atoms. The molecule has 1 aliphatic heterocycles. The number of quaternary nitrogens is 1. The lowest BCUT2D eigenvalue weighted by Gasteiger charge is -2.34. The molecule has 1 fully saturated rings. The molecule has 0 atom stereocenters. The van der Waals surface area contributed by atoms with Gasteiger partial charge in [-0.1, -0.05) is 0 Å². The number of rotatable bonds is 1. The molecule has 0 aromatic heterocycles. The molecular formula is C8H13N2O+. The molecule has 0 aromatic rings. The summed E-state index contributed by atoms with van der Waals surface area (Å²) >= 11 is 0. The van der Waals surface area contributed by atoms with Crippen LogP contribution in [0.25, 0.3) is 0 Å². The van der Waals surface area contributed by atoms with E-state index in [0.717, 1.165) is 17.6 Å². The highest BCUT2D eigenvalue weighted by Crippen LogP contribution is 2.12. The van der Waals surface area contributed by atoms with E-state index < -0.39 is 0 Å². The maximum absolute atomic E-state index is 10.9. The Labute approximate surface area is 66.8 Å². The predicted molar refractivity (Wildman–Crippen MR) is 40.6 cm³/mol. The largest absolute Gasteiger partial charge is 0.313 e. The molecule has 3 heteroatoms. The minimum atomic E-state index is 0.346. The molecule has 1 rings (SSSR count). The van der Waals surface area contributed by atoms with Crippen LogP contribution in [0.2, 0.25) is 0 Å². The average Bonchev–Trinajstić information content (AvgIpc) is 1.97. The van der Waals surface area contributed by atoms with E-state index in [-0.39, 0.29) is 0 Å². The highest BCUT2D eigenvalue weighted by Gasteiger charge is 2.27. The van der Waals surface area contributed by atoms with Gasteiger partial charge in [-0.3, -0.25) is 4.79 Å². The monoisotopic (exact) mass is 153 g/mol. The quantitative estimate of drug-likeness (QED) is 0.402. The molecule has 11 heavy (non-hydrogen) atoms. The Morgan fingerprint density at radius 1 is 1.55 bits per heavy atom. The first-order valence-corrected chi connectivity index (χ1v) is 3.88. The van der Waals surface area contributed by atoms with E-state index in [0.29, 0.717) is 25.2 Å². The molecule has 0 unspecified atom stereocenters. The third-order valence-corrected chi connectivity index (χ3v) is 2.31. The van der Waals surface area contributed by atoms with Crippen molar-refractivity contribution in [1.82, 2.24) is 0 Å². The van der Waals surface area contributed by atoms with Crippen LogP contribution in [0, 0.1) is 11.3 Å². The maximum Gasteiger partial charge on any atom is 0.166 e. The molecule has 0 saturated carbocycles. The zero-order valence-electron chi connectivity index (χ0n) is 6.84. The molecule has 0 aromatic carbocycles. The Balaban J connectivity index is 2.49. The third-order valence-electron chi connectivity index (χ3n) is 2.31. The minimum Gasteiger partial charge on any atom is -0.313 e. The number of piperidine rings is 1. The third kappa shape index (κ3) is 2.02. The van der Waals surface area contributed by atoms with Crippen LogP contribution in [0.3, 0.4) is 0 Å². The summed E-state index contributed by atoms with van der Waals surface area (Å²) < 4.78 is 0.752. The summed E-state index contributed by atoms with van der Waals surface area (Å²) in [4.78, 5) is 10.9. The second kappa shape index (κ2) is 3.02. The Morgan fingerprint density at radius 3 is 2.55 bits per heavy atom. The van der Waals surface area contributed by atoms with Crippen molar-refractivity contribution < 1.29 is 9.28 Å². The van der Waals surface area contributed by atoms with Gasteiger partial charge in [0.05, 0.1) is 33.0 Å². The van der Waals surface area contributed by atoms with Gasteiger partial charge in [-0.25, -0.2) is 0 Å². The molecule has 0 spiro atoms. The Bertz CT molecular complexity index is 195. The van der Waals surface area contributed by atoms with E-state index in [2.05, 4.69) is 6.07 Å². The van der Waals surface area contributed by atoms with Crippen LogP contribution in [0.4, 0.5) is 0 Å². The molecule has 3 nitrogen and oxygen atoms in total. The van der Waals surface area contributed by atoms with Gasteiger partial charge in [0.15, 0.2) is 6.54 Å². The normalized spacial score (nSPS) is 22.7. The lowest BCUT2D eigenvalue weighted by atomic mass is 10.1. The number of Topliss-reactive ketones (excluding diaryl/α,β-unsaturated/α-hetero) is 1. The second-order valence-corrected chi connectivity index (χ2v) is 3.42. The van der Waals surface area contributed by atoms with Crippen molar-refractivity contribution in [1.29, 1.82) is 5.26 Å². The molecule has 1 aliphatic rings. The summed E-state index contributed by atoms with van der Waals surface area (Å²) in [6.45, 7) is 2.21. The van der Waals surface area contributed by atoms with E-state index in [1.165, 1.54) is 0 Å². The lowest BCUT2D eigenvalue weighted by Crippen LogP contribution is -2.50. The first kappa shape index (κ1) is 8.22. The van der Waals surface area contributed by atoms with Crippen molar-refractivity contribution in [3.63, 3.8) is 0 Å². The number of ketones is 1. The van der Waals surface area contributed by atoms with Crippen molar-refractivity contribution >= 4 is 5.78 Å². The molecule has 0 N–H and O–H groups in total. The fourth-order valence-electron chi connectivity index (χ4n) is 1.35. The molecule has 1 heterocycles. The summed E-state index contributed by atoms with van der Waals surface area (Å²) in [5, 5.41) is 8.50. The van der Waals surface area contributed by atoms with Gasteiger partial charge in [0.2, 0.25) is 0 Å². The summed E-state index contributed by atoms with van der Waals surface area (Å²) in [5.41, 5.74) is 0. The van der Waals surface area contributed by atoms with Crippen LogP contribution < -0.4 is 0 Å². The number of carbonyl (C=O) groups excluding carboxylic acids is 1. The van der Waals surface area contributed by atoms with Crippen LogP contribution in [-0.4, -0.2) is 36.9 Å². The van der Waals surface area contributed by atoms with Crippen molar-refractivity contribution in [3.8, 4) is 6.07 Å². The fourth-order valence-corrected chi connectivity index (χ4v) is 1.35. The van der Waals surface area contributed by atoms with Gasteiger partial charge in [-0.2, -0.15) is 5.26 Å². The summed E-state index contributed by atoms with van der Waals surface area (Å²) in [5.74, 6) is 0.346. The molecule has 60 valence electrons. The zero-order valence-corrected chi connectivity index (χ0v) is 6.84. The Kier molecular flexibility index (Phi) is 2.25. The Morgan fingerprint density at radius 2 is 2.09 bits per heavy atom. The fraction of sp³-hybridized carbons (Fsp3) is 0.750. The zero-order chi connectivity index (χ0) is 8.32. The van der Waals surface area contributed by atoms with E-state index in [1.54, 1.807) is 0 Å². The maximum atomic E-state index is 10.9. The van der Waals surface area contributed by atoms with Crippen LogP contribution in [0.1, 0.15) is 12.8 Å². The van der Waals surface area contributed by atoms with Gasteiger partial charge in [-0.05, 0) is 0 Å². The van der Waals surface area contributed by atoms with Gasteiger partial charge in [0, 0.05) is 0 Å². The molecular weight excluding hydrogens is 140 g/mol. The summed E-state index contributed by atoms with van der Waals surface area (Å²) in [6.07, 6.45) is 1.30. The average molecular weight is 153 g/mol. The number of likely N-dealkylation sites (tertiary alicyclic amines) is 1. The van der Waals surface area contributed by atoms with Crippen LogP contribution >= 0.6 is 0 Å². The first-order valence-electron chi connectivity index (χ1n) is 3.88. The highest BCUT2D eigenvalue weighted by molar-refractivity contribution is 5.78. The first-order chi connectivity index (χ1) is 5.16. The number of hydrogen-bond acceptors (Lipinski definition) is 2. The van der Waals surface area contributed by atoms with Gasteiger partial charge >= 0.3 is 0 Å². The van der Waals surface area contributed by atoms with Gasteiger partial charge in [0.25, 0.3) is 0 Å². The number of hydrogen-bond donors (Lipinski definition) is 0. The second-order valence-electron chi connectivity index (χ2n) is 3.42. The summed E-state index contributed by atoms with van der Waals surface area (Å²) in [7, 11) is 2.04. The van der Waals surface area contributed by atoms with Crippen LogP contribution in [-0.2, 0) is 4.79 Å². The van der Waals surface area contributed by atoms with E-state index in [9.17, 15) is 4.79 Å². The van der Waals surface area contributed by atoms with Crippen molar-refractivity contribution in [2.45, 2.75) is 12.8 Å². The standard InChI is InChI=1S/C8H13N2O/c1-10(7-4-9)5-2-8(11)3-6-10/h2-3,5-7H2,1H3/q+1. The van der Waals surface area contributed by atoms with Crippen molar-refractivity contribution in [2.24, 2.45) is 0 Å². The summed E-state index contributed by atoms with van der Waals surface area (Å²) in [6, 6.07) is 2.15. The van der Waals surface area contributed by atoms with Crippen molar-refractivity contribution in [2.75, 3.05) is 26.7 Å². The van der Waals surface area contributed by atoms with Crippen LogP contribution in [0.15, 0.2) is 0 Å². The smallest absolute Gasteiger partial charge is 0.166 e. The van der Waals surface area contributed by atoms with Crippen molar-refractivity contribution in [3.05, 3.63) is 0 Å². The molecule has 0 amide bonds. The van der Waals surface area contributed by atoms with Gasteiger partial charge in [0.1, 0.15) is 11.9 Å². The topological polar surface area (TPSA) is 40.9 Å². The lowest BCUT2D eigenvalue weighted by molar-refractivity contribution is -0.904. The highest BCUT2D eigenvalue weighted by atomic mass is 16.1. The van der Waals surface area contributed by atoms with E-state index in [4.69, 9.17) is 5.26 Å². The van der Waals surface area contributed by atoms with Crippen LogP contribution in [0.5, 0.6) is 0 Å². The van der Waals surface area contributed by atoms with Gasteiger partial charge in [-0.15, -0.1) is 0 Å². The predicted octanol–water partition coefficient (Wildman–Crippen LogP) is 0.319. The van der Waals surface area contributed by atoms with E-state index in [1.807, 2.05) is 7.05 Å².